The summed E-state index contributed by atoms with van der Waals surface area (Å²) in [5.41, 5.74) is 1.39. The van der Waals surface area contributed by atoms with Crippen LogP contribution in [0.1, 0.15) is 12.5 Å². The number of aryl methyl sites for hydroxylation is 1. The van der Waals surface area contributed by atoms with Gasteiger partial charge in [-0.15, -0.1) is 5.56 Å². The Morgan fingerprint density at radius 3 is 1.93 bits per heavy atom. The Morgan fingerprint density at radius 2 is 1.71 bits per heavy atom. The third kappa shape index (κ3) is 4.80. The van der Waals surface area contributed by atoms with Crippen LogP contribution in [0.4, 0.5) is 0 Å². The molecule has 0 fully saturated rings. The van der Waals surface area contributed by atoms with Gasteiger partial charge in [-0.2, -0.15) is 12.1 Å². The minimum atomic E-state index is 0. The summed E-state index contributed by atoms with van der Waals surface area (Å²) in [6.07, 6.45) is 1.12. The van der Waals surface area contributed by atoms with Crippen molar-refractivity contribution in [3.05, 3.63) is 58.6 Å². The molecule has 2 heteroatoms. The predicted octanol–water partition coefficient (Wildman–Crippen LogP) is 4.13. The summed E-state index contributed by atoms with van der Waals surface area (Å²) in [4.78, 5) is 0. The molecule has 0 spiro atoms. The monoisotopic (exact) mass is 292 g/mol. The molecule has 0 bridgehead atoms. The van der Waals surface area contributed by atoms with Crippen LogP contribution in [-0.2, 0) is 23.5 Å². The zero-order valence-electron chi connectivity index (χ0n) is 8.06. The zero-order chi connectivity index (χ0) is 9.52. The molecule has 0 unspecified atom stereocenters. The number of halogens is 1. The van der Waals surface area contributed by atoms with E-state index in [4.69, 9.17) is 0 Å². The fourth-order valence-corrected chi connectivity index (χ4v) is 1.61. The molecule has 0 saturated heterocycles. The van der Waals surface area contributed by atoms with Crippen LogP contribution < -0.4 is 0 Å². The van der Waals surface area contributed by atoms with Gasteiger partial charge in [0.2, 0.25) is 0 Å². The molecular formula is C12H13BrFe-6. The van der Waals surface area contributed by atoms with E-state index in [0.717, 1.165) is 6.42 Å². The first kappa shape index (κ1) is 13.7. The van der Waals surface area contributed by atoms with E-state index in [1.165, 1.54) is 10.0 Å². The Kier molecular flexibility index (Phi) is 7.87. The van der Waals surface area contributed by atoms with Gasteiger partial charge in [0.1, 0.15) is 0 Å². The third-order valence-electron chi connectivity index (χ3n) is 1.78. The van der Waals surface area contributed by atoms with Gasteiger partial charge in [-0.05, 0) is 0 Å². The third-order valence-corrected chi connectivity index (χ3v) is 2.56. The van der Waals surface area contributed by atoms with Gasteiger partial charge in [0.05, 0.1) is 0 Å². The molecule has 0 saturated carbocycles. The zero-order valence-corrected chi connectivity index (χ0v) is 10.7. The average Bonchev–Trinajstić information content (AvgIpc) is 2.76. The van der Waals surface area contributed by atoms with Crippen molar-refractivity contribution in [1.29, 1.82) is 0 Å². The standard InChI is InChI=1S/C7H8Br.C5H5.Fe/c1-2-6-4-3-5-7(6)8;1-2-4-5-3-1;/h3-5H,2H2,1H3;1-5H;/q-1;-5;. The van der Waals surface area contributed by atoms with E-state index in [0.29, 0.717) is 0 Å². The van der Waals surface area contributed by atoms with E-state index in [9.17, 15) is 0 Å². The van der Waals surface area contributed by atoms with Crippen molar-refractivity contribution in [2.75, 3.05) is 0 Å². The molecule has 0 amide bonds. The minimum Gasteiger partial charge on any atom is -0.748 e. The molecule has 0 N–H and O–H groups in total. The SMILES string of the molecule is CC[c-]1cccc1Br.[Fe].[cH-]1[cH-][cH-][cH-][cH-]1. The van der Waals surface area contributed by atoms with E-state index in [-0.39, 0.29) is 17.1 Å². The van der Waals surface area contributed by atoms with E-state index in [1.807, 2.05) is 30.3 Å². The van der Waals surface area contributed by atoms with Crippen LogP contribution in [0.3, 0.4) is 0 Å². The second-order valence-electron chi connectivity index (χ2n) is 2.71. The smallest absolute Gasteiger partial charge is 0 e. The van der Waals surface area contributed by atoms with Gasteiger partial charge in [0.25, 0.3) is 0 Å². The van der Waals surface area contributed by atoms with Crippen LogP contribution in [-0.4, -0.2) is 0 Å². The van der Waals surface area contributed by atoms with Gasteiger partial charge in [0.15, 0.2) is 0 Å². The molecule has 0 heterocycles. The maximum absolute atomic E-state index is 3.43. The Hall–Kier alpha value is -0.301. The van der Waals surface area contributed by atoms with E-state index < -0.39 is 0 Å². The summed E-state index contributed by atoms with van der Waals surface area (Å²) in [6.45, 7) is 2.15. The summed E-state index contributed by atoms with van der Waals surface area (Å²) >= 11 is 3.43. The molecule has 2 aromatic carbocycles. The Morgan fingerprint density at radius 1 is 1.21 bits per heavy atom. The molecule has 82 valence electrons. The van der Waals surface area contributed by atoms with Gasteiger partial charge in [-0.3, -0.25) is 0 Å². The van der Waals surface area contributed by atoms with Crippen LogP contribution in [0.5, 0.6) is 0 Å². The van der Waals surface area contributed by atoms with Crippen LogP contribution >= 0.6 is 15.9 Å². The van der Waals surface area contributed by atoms with E-state index >= 15 is 0 Å². The maximum Gasteiger partial charge on any atom is 0 e. The molecule has 0 atom stereocenters. The van der Waals surface area contributed by atoms with E-state index in [1.54, 1.807) is 0 Å². The fourth-order valence-electron chi connectivity index (χ4n) is 1.04. The van der Waals surface area contributed by atoms with Crippen LogP contribution in [0, 0.1) is 0 Å². The van der Waals surface area contributed by atoms with E-state index in [2.05, 4.69) is 41.1 Å². The van der Waals surface area contributed by atoms with Crippen molar-refractivity contribution >= 4 is 15.9 Å². The summed E-state index contributed by atoms with van der Waals surface area (Å²) in [5, 5.41) is 0. The van der Waals surface area contributed by atoms with Gasteiger partial charge in [0, 0.05) is 17.1 Å². The molecule has 14 heavy (non-hydrogen) atoms. The predicted molar refractivity (Wildman–Crippen MR) is 61.1 cm³/mol. The number of hydrogen-bond donors (Lipinski definition) is 0. The fraction of sp³-hybridized carbons (Fsp3) is 0.167. The van der Waals surface area contributed by atoms with Crippen LogP contribution in [0.25, 0.3) is 0 Å². The van der Waals surface area contributed by atoms with Gasteiger partial charge < -0.3 is 30.3 Å². The molecule has 0 aliphatic heterocycles. The summed E-state index contributed by atoms with van der Waals surface area (Å²) in [7, 11) is 0. The van der Waals surface area contributed by atoms with Crippen LogP contribution in [0.2, 0.25) is 0 Å². The average molecular weight is 293 g/mol. The van der Waals surface area contributed by atoms with Gasteiger partial charge >= 0.3 is 0 Å². The first-order valence-electron chi connectivity index (χ1n) is 4.41. The molecule has 0 radical (unpaired) electrons. The van der Waals surface area contributed by atoms with Crippen molar-refractivity contribution in [2.45, 2.75) is 13.3 Å². The normalized spacial score (nSPS) is 8.43. The topological polar surface area (TPSA) is 0 Å². The van der Waals surface area contributed by atoms with Crippen LogP contribution in [0.15, 0.2) is 53.0 Å². The van der Waals surface area contributed by atoms with Crippen molar-refractivity contribution in [1.82, 2.24) is 0 Å². The van der Waals surface area contributed by atoms with Crippen molar-refractivity contribution in [2.24, 2.45) is 0 Å². The molecule has 0 nitrogen and oxygen atoms in total. The largest absolute Gasteiger partial charge is 0.748 e. The number of rotatable bonds is 1. The van der Waals surface area contributed by atoms with Crippen molar-refractivity contribution in [3.63, 3.8) is 0 Å². The Balaban J connectivity index is 0.000000246. The molecule has 2 aromatic rings. The summed E-state index contributed by atoms with van der Waals surface area (Å²) in [5.74, 6) is 0. The molecule has 0 aliphatic rings. The maximum atomic E-state index is 3.43. The van der Waals surface area contributed by atoms with Gasteiger partial charge in [-0.25, -0.2) is 6.07 Å². The Labute approximate surface area is 105 Å². The molecule has 0 aromatic heterocycles. The second-order valence-corrected chi connectivity index (χ2v) is 3.57. The first-order valence-corrected chi connectivity index (χ1v) is 5.20. The van der Waals surface area contributed by atoms with Crippen molar-refractivity contribution < 1.29 is 17.1 Å². The van der Waals surface area contributed by atoms with Gasteiger partial charge in [-0.1, -0.05) is 33.7 Å². The molecule has 0 aliphatic carbocycles. The second kappa shape index (κ2) is 8.04. The molecular weight excluding hydrogens is 280 g/mol. The first-order chi connectivity index (χ1) is 6.34. The summed E-state index contributed by atoms with van der Waals surface area (Å²) < 4.78 is 1.24. The Bertz CT molecular complexity index is 291. The summed E-state index contributed by atoms with van der Waals surface area (Å²) in [6, 6.07) is 16.3. The molecule has 2 rings (SSSR count). The minimum absolute atomic E-state index is 0. The number of hydrogen-bond acceptors (Lipinski definition) is 0. The quantitative estimate of drug-likeness (QED) is 0.547. The van der Waals surface area contributed by atoms with Crippen molar-refractivity contribution in [3.8, 4) is 0 Å².